The van der Waals surface area contributed by atoms with Gasteiger partial charge in [0.25, 0.3) is 0 Å². The predicted molar refractivity (Wildman–Crippen MR) is 74.5 cm³/mol. The zero-order valence-electron chi connectivity index (χ0n) is 11.5. The fraction of sp³-hybridized carbons (Fsp3) is 0.600. The molecule has 0 amide bonds. The van der Waals surface area contributed by atoms with E-state index in [2.05, 4.69) is 17.1 Å². The number of rotatable bonds is 4. The fourth-order valence-corrected chi connectivity index (χ4v) is 2.76. The van der Waals surface area contributed by atoms with E-state index in [1.165, 1.54) is 12.8 Å². The fourth-order valence-electron chi connectivity index (χ4n) is 2.76. The van der Waals surface area contributed by atoms with Crippen molar-refractivity contribution >= 4 is 5.69 Å². The first-order valence-electron chi connectivity index (χ1n) is 6.88. The lowest BCUT2D eigenvalue weighted by atomic mass is 10.0. The molecular formula is C15H23FN2. The molecule has 0 spiro atoms. The third-order valence-corrected chi connectivity index (χ3v) is 4.10. The molecule has 0 aromatic heterocycles. The maximum absolute atomic E-state index is 14.1. The zero-order chi connectivity index (χ0) is 13.1. The van der Waals surface area contributed by atoms with Crippen LogP contribution in [0.5, 0.6) is 0 Å². The largest absolute Gasteiger partial charge is 0.371 e. The van der Waals surface area contributed by atoms with E-state index in [-0.39, 0.29) is 11.9 Å². The van der Waals surface area contributed by atoms with Crippen molar-refractivity contribution in [2.45, 2.75) is 32.7 Å². The molecule has 1 saturated heterocycles. The van der Waals surface area contributed by atoms with Gasteiger partial charge in [0.1, 0.15) is 5.82 Å². The third kappa shape index (κ3) is 2.51. The van der Waals surface area contributed by atoms with Crippen molar-refractivity contribution in [2.24, 2.45) is 5.92 Å². The molecule has 0 radical (unpaired) electrons. The van der Waals surface area contributed by atoms with Gasteiger partial charge in [0, 0.05) is 30.4 Å². The monoisotopic (exact) mass is 250 g/mol. The van der Waals surface area contributed by atoms with Crippen molar-refractivity contribution in [2.75, 3.05) is 25.0 Å². The number of halogens is 1. The third-order valence-electron chi connectivity index (χ3n) is 4.10. The molecule has 1 heterocycles. The molecule has 1 aromatic carbocycles. The molecule has 1 fully saturated rings. The van der Waals surface area contributed by atoms with Crippen LogP contribution < -0.4 is 10.2 Å². The Hall–Kier alpha value is -1.09. The highest BCUT2D eigenvalue weighted by atomic mass is 19.1. The molecule has 1 N–H and O–H groups in total. The molecule has 1 aromatic rings. The van der Waals surface area contributed by atoms with E-state index in [1.54, 1.807) is 6.07 Å². The molecule has 0 bridgehead atoms. The highest BCUT2D eigenvalue weighted by Gasteiger charge is 2.25. The zero-order valence-corrected chi connectivity index (χ0v) is 11.5. The Morgan fingerprint density at radius 1 is 1.50 bits per heavy atom. The van der Waals surface area contributed by atoms with E-state index >= 15 is 0 Å². The van der Waals surface area contributed by atoms with Crippen molar-refractivity contribution in [3.05, 3.63) is 29.6 Å². The quantitative estimate of drug-likeness (QED) is 0.881. The van der Waals surface area contributed by atoms with E-state index in [0.717, 1.165) is 30.3 Å². The van der Waals surface area contributed by atoms with E-state index in [9.17, 15) is 4.39 Å². The summed E-state index contributed by atoms with van der Waals surface area (Å²) in [5.41, 5.74) is 1.87. The molecule has 1 aliphatic rings. The number of anilines is 1. The second-order valence-corrected chi connectivity index (χ2v) is 5.19. The molecule has 2 rings (SSSR count). The summed E-state index contributed by atoms with van der Waals surface area (Å²) < 4.78 is 14.1. The van der Waals surface area contributed by atoms with Gasteiger partial charge >= 0.3 is 0 Å². The summed E-state index contributed by atoms with van der Waals surface area (Å²) in [7, 11) is 1.87. The molecule has 3 heteroatoms. The van der Waals surface area contributed by atoms with Crippen molar-refractivity contribution < 1.29 is 4.39 Å². The van der Waals surface area contributed by atoms with Gasteiger partial charge in [-0.3, -0.25) is 0 Å². The Balaban J connectivity index is 2.30. The Labute approximate surface area is 109 Å². The number of benzene rings is 1. The summed E-state index contributed by atoms with van der Waals surface area (Å²) in [4.78, 5) is 2.33. The number of hydrogen-bond acceptors (Lipinski definition) is 2. The molecule has 0 saturated carbocycles. The Bertz CT molecular complexity index is 405. The minimum absolute atomic E-state index is 0.0434. The molecule has 100 valence electrons. The lowest BCUT2D eigenvalue weighted by Gasteiger charge is -2.25. The summed E-state index contributed by atoms with van der Waals surface area (Å²) in [6, 6.07) is 5.46. The molecular weight excluding hydrogens is 227 g/mol. The van der Waals surface area contributed by atoms with Gasteiger partial charge < -0.3 is 10.2 Å². The van der Waals surface area contributed by atoms with E-state index in [1.807, 2.05) is 26.1 Å². The van der Waals surface area contributed by atoms with Crippen LogP contribution >= 0.6 is 0 Å². The smallest absolute Gasteiger partial charge is 0.130 e. The summed E-state index contributed by atoms with van der Waals surface area (Å²) >= 11 is 0. The van der Waals surface area contributed by atoms with E-state index in [0.29, 0.717) is 0 Å². The maximum atomic E-state index is 14.1. The highest BCUT2D eigenvalue weighted by molar-refractivity contribution is 5.56. The molecule has 0 aliphatic carbocycles. The van der Waals surface area contributed by atoms with Crippen LogP contribution in [0.1, 0.15) is 38.3 Å². The highest BCUT2D eigenvalue weighted by Crippen LogP contribution is 2.33. The number of nitrogens with zero attached hydrogens (tertiary/aromatic N) is 1. The van der Waals surface area contributed by atoms with Crippen LogP contribution in [0, 0.1) is 11.7 Å². The number of nitrogens with one attached hydrogen (secondary N) is 1. The van der Waals surface area contributed by atoms with Crippen LogP contribution in [0.15, 0.2) is 18.2 Å². The first-order chi connectivity index (χ1) is 8.67. The van der Waals surface area contributed by atoms with Gasteiger partial charge in [-0.15, -0.1) is 0 Å². The van der Waals surface area contributed by atoms with Crippen LogP contribution in [0.3, 0.4) is 0 Å². The van der Waals surface area contributed by atoms with Crippen LogP contribution in [0.2, 0.25) is 0 Å². The van der Waals surface area contributed by atoms with Crippen LogP contribution in [0.25, 0.3) is 0 Å². The van der Waals surface area contributed by atoms with Crippen LogP contribution in [-0.4, -0.2) is 20.1 Å². The summed E-state index contributed by atoms with van der Waals surface area (Å²) in [6.45, 7) is 6.35. The van der Waals surface area contributed by atoms with Crippen molar-refractivity contribution in [3.8, 4) is 0 Å². The SMILES string of the molecule is CCC1CCN(c2cccc(F)c2C(C)NC)C1. The van der Waals surface area contributed by atoms with Gasteiger partial charge in [0.15, 0.2) is 0 Å². The van der Waals surface area contributed by atoms with E-state index < -0.39 is 0 Å². The second kappa shape index (κ2) is 5.70. The van der Waals surface area contributed by atoms with Crippen LogP contribution in [-0.2, 0) is 0 Å². The van der Waals surface area contributed by atoms with Crippen LogP contribution in [0.4, 0.5) is 10.1 Å². The van der Waals surface area contributed by atoms with Gasteiger partial charge in [-0.25, -0.2) is 4.39 Å². The molecule has 2 nitrogen and oxygen atoms in total. The predicted octanol–water partition coefficient (Wildman–Crippen LogP) is 3.34. The Morgan fingerprint density at radius 2 is 2.28 bits per heavy atom. The minimum atomic E-state index is -0.103. The van der Waals surface area contributed by atoms with E-state index in [4.69, 9.17) is 0 Å². The van der Waals surface area contributed by atoms with Gasteiger partial charge in [-0.1, -0.05) is 19.4 Å². The maximum Gasteiger partial charge on any atom is 0.130 e. The number of hydrogen-bond donors (Lipinski definition) is 1. The normalized spacial score (nSPS) is 21.3. The van der Waals surface area contributed by atoms with Gasteiger partial charge in [-0.05, 0) is 38.4 Å². The van der Waals surface area contributed by atoms with Crippen molar-refractivity contribution in [3.63, 3.8) is 0 Å². The molecule has 2 unspecified atom stereocenters. The lowest BCUT2D eigenvalue weighted by molar-refractivity contribution is 0.557. The average Bonchev–Trinajstić information content (AvgIpc) is 2.86. The second-order valence-electron chi connectivity index (χ2n) is 5.19. The van der Waals surface area contributed by atoms with Gasteiger partial charge in [0.2, 0.25) is 0 Å². The molecule has 1 aliphatic heterocycles. The summed E-state index contributed by atoms with van der Waals surface area (Å²) in [6.07, 6.45) is 2.43. The molecule has 18 heavy (non-hydrogen) atoms. The standard InChI is InChI=1S/C15H23FN2/c1-4-12-8-9-18(10-12)14-7-5-6-13(16)15(14)11(2)17-3/h5-7,11-12,17H,4,8-10H2,1-3H3. The first kappa shape index (κ1) is 13.3. The minimum Gasteiger partial charge on any atom is -0.371 e. The lowest BCUT2D eigenvalue weighted by Crippen LogP contribution is -2.24. The molecule has 2 atom stereocenters. The van der Waals surface area contributed by atoms with Crippen molar-refractivity contribution in [1.82, 2.24) is 5.32 Å². The van der Waals surface area contributed by atoms with Gasteiger partial charge in [-0.2, -0.15) is 0 Å². The van der Waals surface area contributed by atoms with Crippen molar-refractivity contribution in [1.29, 1.82) is 0 Å². The first-order valence-corrected chi connectivity index (χ1v) is 6.88. The topological polar surface area (TPSA) is 15.3 Å². The Morgan fingerprint density at radius 3 is 2.89 bits per heavy atom. The van der Waals surface area contributed by atoms with Gasteiger partial charge in [0.05, 0.1) is 0 Å². The Kier molecular flexibility index (Phi) is 4.23. The summed E-state index contributed by atoms with van der Waals surface area (Å²) in [5, 5.41) is 3.14. The average molecular weight is 250 g/mol. The summed E-state index contributed by atoms with van der Waals surface area (Å²) in [5.74, 6) is 0.653.